The van der Waals surface area contributed by atoms with E-state index in [1.54, 1.807) is 30.3 Å². The van der Waals surface area contributed by atoms with Crippen LogP contribution in [0.2, 0.25) is 0 Å². The maximum absolute atomic E-state index is 13.9. The number of methoxy groups -OCH3 is 1. The summed E-state index contributed by atoms with van der Waals surface area (Å²) >= 11 is 0. The molecule has 0 fully saturated rings. The molecule has 5 heteroatoms. The number of hydrogen-bond donors (Lipinski definition) is 0. The Labute approximate surface area is 128 Å². The summed E-state index contributed by atoms with van der Waals surface area (Å²) in [7, 11) is 1.23. The van der Waals surface area contributed by atoms with Gasteiger partial charge in [-0.3, -0.25) is 0 Å². The summed E-state index contributed by atoms with van der Waals surface area (Å²) in [6.07, 6.45) is -0.0570. The van der Waals surface area contributed by atoms with E-state index in [-0.39, 0.29) is 12.4 Å². The third kappa shape index (κ3) is 3.97. The van der Waals surface area contributed by atoms with E-state index in [0.29, 0.717) is 11.3 Å². The molecule has 2 aromatic rings. The summed E-state index contributed by atoms with van der Waals surface area (Å²) in [6.45, 7) is 2.03. The summed E-state index contributed by atoms with van der Waals surface area (Å²) in [4.78, 5) is 11.2. The van der Waals surface area contributed by atoms with Crippen LogP contribution in [0.1, 0.15) is 18.1 Å². The van der Waals surface area contributed by atoms with Crippen LogP contribution in [0.3, 0.4) is 0 Å². The Balaban J connectivity index is 2.10. The molecule has 2 rings (SSSR count). The molecular formula is C17H17FO4. The summed E-state index contributed by atoms with van der Waals surface area (Å²) in [6, 6.07) is 11.7. The topological polar surface area (TPSA) is 44.8 Å². The minimum atomic E-state index is -0.814. The Hall–Kier alpha value is -2.56. The first-order valence-electron chi connectivity index (χ1n) is 6.89. The lowest BCUT2D eigenvalue weighted by atomic mass is 10.1. The number of carbonyl (C=O) groups is 1. The van der Waals surface area contributed by atoms with Crippen molar-refractivity contribution in [2.24, 2.45) is 0 Å². The molecule has 2 aromatic carbocycles. The zero-order valence-electron chi connectivity index (χ0n) is 12.5. The van der Waals surface area contributed by atoms with Gasteiger partial charge in [-0.2, -0.15) is 0 Å². The van der Waals surface area contributed by atoms with E-state index in [1.807, 2.05) is 13.0 Å². The highest BCUT2D eigenvalue weighted by molar-refractivity contribution is 5.64. The zero-order chi connectivity index (χ0) is 15.9. The molecule has 0 spiro atoms. The standard InChI is InChI=1S/C17H17FO4/c1-3-12-8-9-16(14(18)10-12)21-11-13-6-4-5-7-15(13)22-17(19)20-2/h4-10H,3,11H2,1-2H3. The van der Waals surface area contributed by atoms with Crippen molar-refractivity contribution in [3.63, 3.8) is 0 Å². The van der Waals surface area contributed by atoms with Gasteiger partial charge < -0.3 is 14.2 Å². The third-order valence-electron chi connectivity index (χ3n) is 3.12. The molecule has 0 aliphatic heterocycles. The number of aryl methyl sites for hydroxylation is 1. The summed E-state index contributed by atoms with van der Waals surface area (Å²) in [5.41, 5.74) is 1.52. The average molecular weight is 304 g/mol. The largest absolute Gasteiger partial charge is 0.513 e. The second-order valence-corrected chi connectivity index (χ2v) is 4.57. The number of carbonyl (C=O) groups excluding carboxylic acids is 1. The maximum atomic E-state index is 13.9. The Morgan fingerprint density at radius 2 is 1.91 bits per heavy atom. The number of rotatable bonds is 5. The van der Waals surface area contributed by atoms with Crippen LogP contribution in [0.5, 0.6) is 11.5 Å². The van der Waals surface area contributed by atoms with Gasteiger partial charge in [-0.25, -0.2) is 9.18 Å². The molecule has 0 aliphatic rings. The maximum Gasteiger partial charge on any atom is 0.513 e. The molecule has 4 nitrogen and oxygen atoms in total. The van der Waals surface area contributed by atoms with Gasteiger partial charge in [0.15, 0.2) is 11.6 Å². The molecule has 0 saturated carbocycles. The van der Waals surface area contributed by atoms with Crippen LogP contribution < -0.4 is 9.47 Å². The van der Waals surface area contributed by atoms with Crippen molar-refractivity contribution < 1.29 is 23.4 Å². The fourth-order valence-corrected chi connectivity index (χ4v) is 1.89. The molecule has 0 amide bonds. The minimum absolute atomic E-state index is 0.0789. The van der Waals surface area contributed by atoms with Crippen molar-refractivity contribution in [1.29, 1.82) is 0 Å². The van der Waals surface area contributed by atoms with Gasteiger partial charge in [0.2, 0.25) is 0 Å². The van der Waals surface area contributed by atoms with Crippen LogP contribution in [0, 0.1) is 5.82 Å². The van der Waals surface area contributed by atoms with E-state index < -0.39 is 12.0 Å². The van der Waals surface area contributed by atoms with Crippen molar-refractivity contribution in [3.05, 3.63) is 59.4 Å². The highest BCUT2D eigenvalue weighted by atomic mass is 19.1. The number of benzene rings is 2. The van der Waals surface area contributed by atoms with Crippen LogP contribution in [0.15, 0.2) is 42.5 Å². The van der Waals surface area contributed by atoms with Gasteiger partial charge in [-0.15, -0.1) is 0 Å². The van der Waals surface area contributed by atoms with E-state index in [2.05, 4.69) is 4.74 Å². The Morgan fingerprint density at radius 1 is 1.14 bits per heavy atom. The normalized spacial score (nSPS) is 10.1. The molecule has 0 N–H and O–H groups in total. The number of para-hydroxylation sites is 1. The van der Waals surface area contributed by atoms with Crippen molar-refractivity contribution >= 4 is 6.16 Å². The molecule has 22 heavy (non-hydrogen) atoms. The second-order valence-electron chi connectivity index (χ2n) is 4.57. The van der Waals surface area contributed by atoms with Crippen LogP contribution in [-0.2, 0) is 17.8 Å². The minimum Gasteiger partial charge on any atom is -0.486 e. The second kappa shape index (κ2) is 7.45. The molecule has 0 atom stereocenters. The Bertz CT molecular complexity index is 655. The summed E-state index contributed by atoms with van der Waals surface area (Å²) in [5.74, 6) is 0.0655. The van der Waals surface area contributed by atoms with Gasteiger partial charge in [0, 0.05) is 5.56 Å². The smallest absolute Gasteiger partial charge is 0.486 e. The Kier molecular flexibility index (Phi) is 5.36. The molecule has 0 aromatic heterocycles. The predicted octanol–water partition coefficient (Wildman–Crippen LogP) is 4.11. The molecule has 0 saturated heterocycles. The van der Waals surface area contributed by atoms with Crippen LogP contribution in [-0.4, -0.2) is 13.3 Å². The van der Waals surface area contributed by atoms with Crippen molar-refractivity contribution in [1.82, 2.24) is 0 Å². The van der Waals surface area contributed by atoms with Crippen molar-refractivity contribution in [2.45, 2.75) is 20.0 Å². The molecule has 116 valence electrons. The highest BCUT2D eigenvalue weighted by Crippen LogP contribution is 2.23. The van der Waals surface area contributed by atoms with Crippen LogP contribution >= 0.6 is 0 Å². The fourth-order valence-electron chi connectivity index (χ4n) is 1.89. The molecule has 0 aliphatic carbocycles. The van der Waals surface area contributed by atoms with Gasteiger partial charge in [-0.1, -0.05) is 31.2 Å². The van der Waals surface area contributed by atoms with E-state index in [0.717, 1.165) is 12.0 Å². The number of ether oxygens (including phenoxy) is 3. The molecule has 0 heterocycles. The molecule has 0 bridgehead atoms. The van der Waals surface area contributed by atoms with Crippen LogP contribution in [0.4, 0.5) is 9.18 Å². The average Bonchev–Trinajstić information content (AvgIpc) is 2.54. The van der Waals surface area contributed by atoms with Gasteiger partial charge >= 0.3 is 6.16 Å². The van der Waals surface area contributed by atoms with E-state index in [9.17, 15) is 9.18 Å². The predicted molar refractivity (Wildman–Crippen MR) is 79.6 cm³/mol. The van der Waals surface area contributed by atoms with Crippen molar-refractivity contribution in [2.75, 3.05) is 7.11 Å². The monoisotopic (exact) mass is 304 g/mol. The molecule has 0 radical (unpaired) electrons. The molecular weight excluding hydrogens is 287 g/mol. The number of hydrogen-bond acceptors (Lipinski definition) is 4. The fraction of sp³-hybridized carbons (Fsp3) is 0.235. The SMILES string of the molecule is CCc1ccc(OCc2ccccc2OC(=O)OC)c(F)c1. The highest BCUT2D eigenvalue weighted by Gasteiger charge is 2.10. The quantitative estimate of drug-likeness (QED) is 0.616. The Morgan fingerprint density at radius 3 is 2.59 bits per heavy atom. The zero-order valence-corrected chi connectivity index (χ0v) is 12.5. The molecule has 0 unspecified atom stereocenters. The van der Waals surface area contributed by atoms with Gasteiger partial charge in [0.05, 0.1) is 7.11 Å². The van der Waals surface area contributed by atoms with Crippen LogP contribution in [0.25, 0.3) is 0 Å². The first-order chi connectivity index (χ1) is 10.6. The lowest BCUT2D eigenvalue weighted by molar-refractivity contribution is 0.120. The lowest BCUT2D eigenvalue weighted by Crippen LogP contribution is -2.09. The van der Waals surface area contributed by atoms with E-state index in [1.165, 1.54) is 13.2 Å². The first kappa shape index (κ1) is 15.8. The first-order valence-corrected chi connectivity index (χ1v) is 6.89. The van der Waals surface area contributed by atoms with E-state index >= 15 is 0 Å². The summed E-state index contributed by atoms with van der Waals surface area (Å²) in [5, 5.41) is 0. The third-order valence-corrected chi connectivity index (χ3v) is 3.12. The van der Waals surface area contributed by atoms with Crippen molar-refractivity contribution in [3.8, 4) is 11.5 Å². The summed E-state index contributed by atoms with van der Waals surface area (Å²) < 4.78 is 28.8. The van der Waals surface area contributed by atoms with Gasteiger partial charge in [0.25, 0.3) is 0 Å². The lowest BCUT2D eigenvalue weighted by Gasteiger charge is -2.11. The number of halogens is 1. The van der Waals surface area contributed by atoms with E-state index in [4.69, 9.17) is 9.47 Å². The van der Waals surface area contributed by atoms with Gasteiger partial charge in [-0.05, 0) is 30.2 Å². The van der Waals surface area contributed by atoms with Gasteiger partial charge in [0.1, 0.15) is 12.4 Å².